The molecule has 2 N–H and O–H groups in total. The lowest BCUT2D eigenvalue weighted by atomic mass is 10.4. The third kappa shape index (κ3) is 4.40. The van der Waals surface area contributed by atoms with Crippen LogP contribution in [0.1, 0.15) is 13.3 Å². The van der Waals surface area contributed by atoms with Crippen molar-refractivity contribution in [2.24, 2.45) is 0 Å². The lowest BCUT2D eigenvalue weighted by Gasteiger charge is -2.07. The summed E-state index contributed by atoms with van der Waals surface area (Å²) in [5, 5.41) is 5.81. The van der Waals surface area contributed by atoms with E-state index in [0.29, 0.717) is 6.54 Å². The second kappa shape index (κ2) is 6.53. The second-order valence-corrected chi connectivity index (χ2v) is 3.93. The molecule has 0 aliphatic heterocycles. The summed E-state index contributed by atoms with van der Waals surface area (Å²) in [5.74, 6) is -0.0460. The molecule has 1 rings (SSSR count). The number of anilines is 1. The predicted molar refractivity (Wildman–Crippen MR) is 63.7 cm³/mol. The molecule has 15 heavy (non-hydrogen) atoms. The lowest BCUT2D eigenvalue weighted by molar-refractivity contribution is -0.115. The van der Waals surface area contributed by atoms with E-state index in [1.807, 2.05) is 0 Å². The third-order valence-electron chi connectivity index (χ3n) is 1.76. The first-order valence-corrected chi connectivity index (χ1v) is 5.63. The highest BCUT2D eigenvalue weighted by Crippen LogP contribution is 2.19. The van der Waals surface area contributed by atoms with Crippen LogP contribution in [0.2, 0.25) is 0 Å². The molecule has 1 heterocycles. The Balaban J connectivity index is 2.41. The van der Waals surface area contributed by atoms with Gasteiger partial charge in [-0.3, -0.25) is 9.78 Å². The van der Waals surface area contributed by atoms with E-state index in [1.165, 1.54) is 0 Å². The number of nitrogens with zero attached hydrogens (tertiary/aromatic N) is 1. The highest BCUT2D eigenvalue weighted by atomic mass is 79.9. The average Bonchev–Trinajstić information content (AvgIpc) is 2.22. The summed E-state index contributed by atoms with van der Waals surface area (Å²) < 4.78 is 0.786. The molecule has 0 saturated heterocycles. The monoisotopic (exact) mass is 271 g/mol. The minimum atomic E-state index is -0.0460. The van der Waals surface area contributed by atoms with Gasteiger partial charge in [0.1, 0.15) is 0 Å². The van der Waals surface area contributed by atoms with Crippen molar-refractivity contribution in [3.05, 3.63) is 22.9 Å². The van der Waals surface area contributed by atoms with Gasteiger partial charge in [-0.15, -0.1) is 0 Å². The maximum Gasteiger partial charge on any atom is 0.238 e. The minimum absolute atomic E-state index is 0.0460. The number of hydrogen-bond donors (Lipinski definition) is 2. The molecule has 0 bridgehead atoms. The van der Waals surface area contributed by atoms with Gasteiger partial charge in [0.25, 0.3) is 0 Å². The summed E-state index contributed by atoms with van der Waals surface area (Å²) in [6.07, 6.45) is 4.31. The number of rotatable bonds is 5. The van der Waals surface area contributed by atoms with Crippen LogP contribution in [0.5, 0.6) is 0 Å². The van der Waals surface area contributed by atoms with Crippen molar-refractivity contribution in [2.45, 2.75) is 13.3 Å². The maximum atomic E-state index is 11.4. The molecule has 0 aliphatic carbocycles. The minimum Gasteiger partial charge on any atom is -0.324 e. The molecule has 5 heteroatoms. The van der Waals surface area contributed by atoms with Gasteiger partial charge in [0.15, 0.2) is 0 Å². The van der Waals surface area contributed by atoms with E-state index < -0.39 is 0 Å². The standard InChI is InChI=1S/C10H14BrN3O/c1-2-4-12-7-10(15)14-9-3-5-13-6-8(9)11/h3,5-6,12H,2,4,7H2,1H3,(H,13,14,15). The second-order valence-electron chi connectivity index (χ2n) is 3.08. The van der Waals surface area contributed by atoms with E-state index in [9.17, 15) is 4.79 Å². The Morgan fingerprint density at radius 3 is 3.07 bits per heavy atom. The highest BCUT2D eigenvalue weighted by Gasteiger charge is 2.03. The molecule has 0 fully saturated rings. The van der Waals surface area contributed by atoms with Crippen LogP contribution in [0.25, 0.3) is 0 Å². The van der Waals surface area contributed by atoms with Crippen LogP contribution in [0.3, 0.4) is 0 Å². The summed E-state index contributed by atoms with van der Waals surface area (Å²) in [6.45, 7) is 3.25. The average molecular weight is 272 g/mol. The third-order valence-corrected chi connectivity index (χ3v) is 2.39. The van der Waals surface area contributed by atoms with Gasteiger partial charge in [0.2, 0.25) is 5.91 Å². The Labute approximate surface area is 97.6 Å². The summed E-state index contributed by atoms with van der Waals surface area (Å²) >= 11 is 3.31. The van der Waals surface area contributed by atoms with Gasteiger partial charge in [0.05, 0.1) is 16.7 Å². The van der Waals surface area contributed by atoms with Crippen LogP contribution < -0.4 is 10.6 Å². The normalized spacial score (nSPS) is 10.0. The molecule has 4 nitrogen and oxygen atoms in total. The molecule has 0 radical (unpaired) electrons. The van der Waals surface area contributed by atoms with Crippen molar-refractivity contribution in [3.63, 3.8) is 0 Å². The number of hydrogen-bond acceptors (Lipinski definition) is 3. The zero-order chi connectivity index (χ0) is 11.1. The van der Waals surface area contributed by atoms with E-state index in [0.717, 1.165) is 23.1 Å². The summed E-state index contributed by atoms with van der Waals surface area (Å²) in [5.41, 5.74) is 0.744. The van der Waals surface area contributed by atoms with Crippen molar-refractivity contribution >= 4 is 27.5 Å². The van der Waals surface area contributed by atoms with Gasteiger partial charge in [0, 0.05) is 12.4 Å². The van der Waals surface area contributed by atoms with Gasteiger partial charge in [-0.25, -0.2) is 0 Å². The quantitative estimate of drug-likeness (QED) is 0.803. The Kier molecular flexibility index (Phi) is 5.28. The van der Waals surface area contributed by atoms with E-state index in [2.05, 4.69) is 38.5 Å². The van der Waals surface area contributed by atoms with Crippen LogP contribution in [-0.4, -0.2) is 24.0 Å². The number of aromatic nitrogens is 1. The van der Waals surface area contributed by atoms with Gasteiger partial charge in [-0.05, 0) is 35.0 Å². The van der Waals surface area contributed by atoms with Crippen LogP contribution >= 0.6 is 15.9 Å². The van der Waals surface area contributed by atoms with Gasteiger partial charge in [-0.2, -0.15) is 0 Å². The topological polar surface area (TPSA) is 54.0 Å². The first kappa shape index (κ1) is 12.1. The molecular weight excluding hydrogens is 258 g/mol. The Bertz CT molecular complexity index is 330. The maximum absolute atomic E-state index is 11.4. The first-order chi connectivity index (χ1) is 7.24. The number of carbonyl (C=O) groups excluding carboxylic acids is 1. The Morgan fingerprint density at radius 1 is 1.60 bits per heavy atom. The van der Waals surface area contributed by atoms with Crippen LogP contribution in [0.15, 0.2) is 22.9 Å². The molecule has 0 aromatic carbocycles. The molecule has 0 atom stereocenters. The van der Waals surface area contributed by atoms with E-state index in [1.54, 1.807) is 18.5 Å². The Hall–Kier alpha value is -0.940. The molecule has 1 aromatic heterocycles. The summed E-state index contributed by atoms with van der Waals surface area (Å²) in [4.78, 5) is 15.3. The van der Waals surface area contributed by atoms with Crippen molar-refractivity contribution in [3.8, 4) is 0 Å². The summed E-state index contributed by atoms with van der Waals surface area (Å²) in [7, 11) is 0. The first-order valence-electron chi connectivity index (χ1n) is 4.84. The fourth-order valence-electron chi connectivity index (χ4n) is 1.05. The largest absolute Gasteiger partial charge is 0.324 e. The predicted octanol–water partition coefficient (Wildman–Crippen LogP) is 1.78. The van der Waals surface area contributed by atoms with Crippen molar-refractivity contribution in [1.29, 1.82) is 0 Å². The van der Waals surface area contributed by atoms with Crippen LogP contribution in [-0.2, 0) is 4.79 Å². The molecule has 0 unspecified atom stereocenters. The van der Waals surface area contributed by atoms with E-state index in [4.69, 9.17) is 0 Å². The Morgan fingerprint density at radius 2 is 2.40 bits per heavy atom. The van der Waals surface area contributed by atoms with Crippen molar-refractivity contribution in [1.82, 2.24) is 10.3 Å². The number of amides is 1. The molecule has 82 valence electrons. The molecular formula is C10H14BrN3O. The molecule has 0 spiro atoms. The van der Waals surface area contributed by atoms with E-state index in [-0.39, 0.29) is 5.91 Å². The van der Waals surface area contributed by atoms with Crippen molar-refractivity contribution < 1.29 is 4.79 Å². The van der Waals surface area contributed by atoms with Gasteiger partial charge in [-0.1, -0.05) is 6.92 Å². The zero-order valence-corrected chi connectivity index (χ0v) is 10.2. The van der Waals surface area contributed by atoms with E-state index >= 15 is 0 Å². The number of halogens is 1. The fraction of sp³-hybridized carbons (Fsp3) is 0.400. The number of pyridine rings is 1. The highest BCUT2D eigenvalue weighted by molar-refractivity contribution is 9.10. The van der Waals surface area contributed by atoms with Crippen molar-refractivity contribution in [2.75, 3.05) is 18.4 Å². The molecule has 1 amide bonds. The zero-order valence-electron chi connectivity index (χ0n) is 8.59. The number of carbonyl (C=O) groups is 1. The van der Waals surface area contributed by atoms with Gasteiger partial charge < -0.3 is 10.6 Å². The lowest BCUT2D eigenvalue weighted by Crippen LogP contribution is -2.28. The molecule has 0 aliphatic rings. The molecule has 0 saturated carbocycles. The number of nitrogens with one attached hydrogen (secondary N) is 2. The SMILES string of the molecule is CCCNCC(=O)Nc1ccncc1Br. The molecule has 1 aromatic rings. The van der Waals surface area contributed by atoms with Crippen LogP contribution in [0.4, 0.5) is 5.69 Å². The van der Waals surface area contributed by atoms with Crippen LogP contribution in [0, 0.1) is 0 Å². The summed E-state index contributed by atoms with van der Waals surface area (Å²) in [6, 6.07) is 1.75. The van der Waals surface area contributed by atoms with Gasteiger partial charge >= 0.3 is 0 Å². The fourth-order valence-corrected chi connectivity index (χ4v) is 1.40. The smallest absolute Gasteiger partial charge is 0.238 e.